The number of benzene rings is 2. The molecule has 2 aromatic rings. The van der Waals surface area contributed by atoms with E-state index in [0.717, 1.165) is 30.6 Å². The average molecular weight is 369 g/mol. The molecule has 0 aromatic heterocycles. The van der Waals surface area contributed by atoms with Crippen LogP contribution in [0.4, 0.5) is 5.69 Å². The van der Waals surface area contributed by atoms with Gasteiger partial charge in [0.2, 0.25) is 5.91 Å². The van der Waals surface area contributed by atoms with Crippen molar-refractivity contribution in [1.29, 1.82) is 0 Å². The maximum absolute atomic E-state index is 12.1. The van der Waals surface area contributed by atoms with E-state index in [1.54, 1.807) is 31.4 Å². The highest BCUT2D eigenvalue weighted by Gasteiger charge is 2.08. The fourth-order valence-corrected chi connectivity index (χ4v) is 2.56. The number of carbonyl (C=O) groups excluding carboxylic acids is 2. The van der Waals surface area contributed by atoms with Crippen molar-refractivity contribution in [3.8, 4) is 5.75 Å². The summed E-state index contributed by atoms with van der Waals surface area (Å²) in [4.78, 5) is 24.0. The van der Waals surface area contributed by atoms with Gasteiger partial charge < -0.3 is 14.8 Å². The van der Waals surface area contributed by atoms with Crippen molar-refractivity contribution in [1.82, 2.24) is 0 Å². The molecule has 0 saturated carbocycles. The van der Waals surface area contributed by atoms with Gasteiger partial charge in [-0.25, -0.2) is 4.79 Å². The summed E-state index contributed by atoms with van der Waals surface area (Å²) < 4.78 is 10.3. The zero-order valence-electron chi connectivity index (χ0n) is 16.0. The van der Waals surface area contributed by atoms with Crippen LogP contribution < -0.4 is 10.1 Å². The molecule has 0 heterocycles. The Labute approximate surface area is 160 Å². The summed E-state index contributed by atoms with van der Waals surface area (Å²) in [5.41, 5.74) is 2.23. The number of anilines is 1. The van der Waals surface area contributed by atoms with Gasteiger partial charge in [-0.15, -0.1) is 0 Å². The van der Waals surface area contributed by atoms with Crippen LogP contribution in [0.1, 0.15) is 48.5 Å². The predicted octanol–water partition coefficient (Wildman–Crippen LogP) is 4.61. The SMILES string of the molecule is CCCCCOC(=O)c1ccc(NC(=O)CCc2ccc(OC)cc2)cc1. The number of hydrogen-bond acceptors (Lipinski definition) is 4. The maximum Gasteiger partial charge on any atom is 0.338 e. The lowest BCUT2D eigenvalue weighted by Gasteiger charge is -2.08. The van der Waals surface area contributed by atoms with E-state index in [-0.39, 0.29) is 11.9 Å². The lowest BCUT2D eigenvalue weighted by atomic mass is 10.1. The fraction of sp³-hybridized carbons (Fsp3) is 0.364. The molecule has 1 amide bonds. The van der Waals surface area contributed by atoms with Crippen LogP contribution in [0, 0.1) is 0 Å². The number of ether oxygens (including phenoxy) is 2. The van der Waals surface area contributed by atoms with Crippen LogP contribution in [0.25, 0.3) is 0 Å². The fourth-order valence-electron chi connectivity index (χ4n) is 2.56. The van der Waals surface area contributed by atoms with Crippen molar-refractivity contribution in [2.45, 2.75) is 39.0 Å². The third-order valence-electron chi connectivity index (χ3n) is 4.19. The van der Waals surface area contributed by atoms with Crippen LogP contribution in [-0.2, 0) is 16.0 Å². The van der Waals surface area contributed by atoms with Gasteiger partial charge in [0, 0.05) is 12.1 Å². The highest BCUT2D eigenvalue weighted by atomic mass is 16.5. The minimum absolute atomic E-state index is 0.0688. The number of carbonyl (C=O) groups is 2. The van der Waals surface area contributed by atoms with E-state index in [1.807, 2.05) is 24.3 Å². The predicted molar refractivity (Wildman–Crippen MR) is 106 cm³/mol. The quantitative estimate of drug-likeness (QED) is 0.490. The minimum Gasteiger partial charge on any atom is -0.497 e. The van der Waals surface area contributed by atoms with Crippen LogP contribution in [0.2, 0.25) is 0 Å². The molecular weight excluding hydrogens is 342 g/mol. The van der Waals surface area contributed by atoms with Crippen molar-refractivity contribution < 1.29 is 19.1 Å². The Morgan fingerprint density at radius 1 is 0.963 bits per heavy atom. The summed E-state index contributed by atoms with van der Waals surface area (Å²) in [6, 6.07) is 14.4. The van der Waals surface area contributed by atoms with Gasteiger partial charge in [-0.05, 0) is 54.8 Å². The van der Waals surface area contributed by atoms with E-state index in [9.17, 15) is 9.59 Å². The number of nitrogens with one attached hydrogen (secondary N) is 1. The second-order valence-electron chi connectivity index (χ2n) is 6.32. The molecule has 0 spiro atoms. The van der Waals surface area contributed by atoms with Gasteiger partial charge in [0.25, 0.3) is 0 Å². The first-order valence-corrected chi connectivity index (χ1v) is 9.32. The molecule has 0 saturated heterocycles. The van der Waals surface area contributed by atoms with E-state index in [0.29, 0.717) is 30.7 Å². The van der Waals surface area contributed by atoms with Gasteiger partial charge in [-0.1, -0.05) is 31.9 Å². The Hall–Kier alpha value is -2.82. The van der Waals surface area contributed by atoms with E-state index < -0.39 is 0 Å². The summed E-state index contributed by atoms with van der Waals surface area (Å²) in [5, 5.41) is 2.85. The summed E-state index contributed by atoms with van der Waals surface area (Å²) in [5.74, 6) is 0.399. The second kappa shape index (κ2) is 11.0. The Bertz CT molecular complexity index is 723. The lowest BCUT2D eigenvalue weighted by molar-refractivity contribution is -0.116. The standard InChI is InChI=1S/C22H27NO4/c1-3-4-5-16-27-22(25)18-9-11-19(12-10-18)23-21(24)15-8-17-6-13-20(26-2)14-7-17/h6-7,9-14H,3-5,8,15-16H2,1-2H3,(H,23,24). The summed E-state index contributed by atoms with van der Waals surface area (Å²) >= 11 is 0. The van der Waals surface area contributed by atoms with Gasteiger partial charge in [-0.3, -0.25) is 4.79 Å². The molecule has 1 N–H and O–H groups in total. The number of methoxy groups -OCH3 is 1. The molecule has 0 aliphatic rings. The molecular formula is C22H27NO4. The number of unbranched alkanes of at least 4 members (excludes halogenated alkanes) is 2. The molecule has 144 valence electrons. The second-order valence-corrected chi connectivity index (χ2v) is 6.32. The van der Waals surface area contributed by atoms with Crippen molar-refractivity contribution in [2.24, 2.45) is 0 Å². The van der Waals surface area contributed by atoms with Crippen LogP contribution in [-0.4, -0.2) is 25.6 Å². The van der Waals surface area contributed by atoms with Gasteiger partial charge in [-0.2, -0.15) is 0 Å². The Morgan fingerprint density at radius 3 is 2.30 bits per heavy atom. The number of hydrogen-bond donors (Lipinski definition) is 1. The number of aryl methyl sites for hydroxylation is 1. The topological polar surface area (TPSA) is 64.6 Å². The smallest absolute Gasteiger partial charge is 0.338 e. The van der Waals surface area contributed by atoms with Crippen LogP contribution in [0.15, 0.2) is 48.5 Å². The normalized spacial score (nSPS) is 10.3. The van der Waals surface area contributed by atoms with Gasteiger partial charge in [0.05, 0.1) is 19.3 Å². The molecule has 0 fully saturated rings. The molecule has 0 unspecified atom stereocenters. The third-order valence-corrected chi connectivity index (χ3v) is 4.19. The van der Waals surface area contributed by atoms with Gasteiger partial charge >= 0.3 is 5.97 Å². The van der Waals surface area contributed by atoms with Crippen LogP contribution in [0.5, 0.6) is 5.75 Å². The molecule has 2 aromatic carbocycles. The summed E-state index contributed by atoms with van der Waals surface area (Å²) in [6.07, 6.45) is 4.05. The largest absolute Gasteiger partial charge is 0.497 e. The van der Waals surface area contributed by atoms with Crippen molar-refractivity contribution in [3.63, 3.8) is 0 Å². The van der Waals surface area contributed by atoms with Crippen molar-refractivity contribution in [3.05, 3.63) is 59.7 Å². The average Bonchev–Trinajstić information content (AvgIpc) is 2.70. The van der Waals surface area contributed by atoms with Gasteiger partial charge in [0.15, 0.2) is 0 Å². The van der Waals surface area contributed by atoms with E-state index in [4.69, 9.17) is 9.47 Å². The Kier molecular flexibility index (Phi) is 8.36. The first-order chi connectivity index (χ1) is 13.1. The molecule has 0 bridgehead atoms. The zero-order valence-corrected chi connectivity index (χ0v) is 16.0. The molecule has 0 radical (unpaired) electrons. The van der Waals surface area contributed by atoms with Gasteiger partial charge in [0.1, 0.15) is 5.75 Å². The monoisotopic (exact) mass is 369 g/mol. The maximum atomic E-state index is 12.1. The van der Waals surface area contributed by atoms with E-state index in [2.05, 4.69) is 12.2 Å². The summed E-state index contributed by atoms with van der Waals surface area (Å²) in [7, 11) is 1.62. The molecule has 0 aliphatic carbocycles. The molecule has 0 atom stereocenters. The molecule has 27 heavy (non-hydrogen) atoms. The van der Waals surface area contributed by atoms with E-state index in [1.165, 1.54) is 0 Å². The highest BCUT2D eigenvalue weighted by Crippen LogP contribution is 2.14. The lowest BCUT2D eigenvalue weighted by Crippen LogP contribution is -2.12. The number of esters is 1. The number of amides is 1. The Morgan fingerprint density at radius 2 is 1.67 bits per heavy atom. The minimum atomic E-state index is -0.330. The van der Waals surface area contributed by atoms with Crippen LogP contribution in [0.3, 0.4) is 0 Å². The van der Waals surface area contributed by atoms with E-state index >= 15 is 0 Å². The molecule has 2 rings (SSSR count). The Balaban J connectivity index is 1.77. The molecule has 5 heteroatoms. The highest BCUT2D eigenvalue weighted by molar-refractivity contribution is 5.93. The first kappa shape index (κ1) is 20.5. The third kappa shape index (κ3) is 7.13. The van der Waals surface area contributed by atoms with Crippen LogP contribution >= 0.6 is 0 Å². The molecule has 0 aliphatic heterocycles. The zero-order chi connectivity index (χ0) is 19.5. The number of rotatable bonds is 10. The first-order valence-electron chi connectivity index (χ1n) is 9.32. The summed E-state index contributed by atoms with van der Waals surface area (Å²) in [6.45, 7) is 2.54. The van der Waals surface area contributed by atoms with Crippen molar-refractivity contribution in [2.75, 3.05) is 19.0 Å². The van der Waals surface area contributed by atoms with Crippen molar-refractivity contribution >= 4 is 17.6 Å². The molecule has 5 nitrogen and oxygen atoms in total.